The molecule has 70 valence electrons. The minimum Gasteiger partial charge on any atom is -0.481 e. The van der Waals surface area contributed by atoms with Crippen molar-refractivity contribution in [2.45, 2.75) is 32.1 Å². The normalized spacial score (nSPS) is 10.8. The molecule has 0 unspecified atom stereocenters. The molecule has 2 nitrogen and oxygen atoms in total. The summed E-state index contributed by atoms with van der Waals surface area (Å²) in [6.45, 7) is 0. The second kappa shape index (κ2) is 9.03. The third-order valence-electron chi connectivity index (χ3n) is 1.45. The zero-order valence-electron chi connectivity index (χ0n) is 7.13. The van der Waals surface area contributed by atoms with Gasteiger partial charge in [0.25, 0.3) is 0 Å². The Balaban J connectivity index is 3.05. The SMILES string of the molecule is O=C(O)CCCC/C=C\CCI. The Morgan fingerprint density at radius 1 is 1.25 bits per heavy atom. The van der Waals surface area contributed by atoms with Crippen molar-refractivity contribution in [1.29, 1.82) is 0 Å². The van der Waals surface area contributed by atoms with Gasteiger partial charge in [0.05, 0.1) is 0 Å². The highest BCUT2D eigenvalue weighted by Crippen LogP contribution is 2.01. The van der Waals surface area contributed by atoms with E-state index in [4.69, 9.17) is 5.11 Å². The maximum Gasteiger partial charge on any atom is 0.303 e. The van der Waals surface area contributed by atoms with Gasteiger partial charge in [0, 0.05) is 10.8 Å². The summed E-state index contributed by atoms with van der Waals surface area (Å²) in [5.41, 5.74) is 0. The second-order valence-corrected chi connectivity index (χ2v) is 3.67. The summed E-state index contributed by atoms with van der Waals surface area (Å²) in [4.78, 5) is 10.1. The van der Waals surface area contributed by atoms with E-state index in [9.17, 15) is 4.79 Å². The number of carbonyl (C=O) groups is 1. The number of halogens is 1. The molecule has 12 heavy (non-hydrogen) atoms. The Morgan fingerprint density at radius 2 is 1.92 bits per heavy atom. The van der Waals surface area contributed by atoms with Gasteiger partial charge in [-0.2, -0.15) is 0 Å². The summed E-state index contributed by atoms with van der Waals surface area (Å²) in [6, 6.07) is 0. The molecule has 1 N–H and O–H groups in total. The van der Waals surface area contributed by atoms with Crippen molar-refractivity contribution in [1.82, 2.24) is 0 Å². The van der Waals surface area contributed by atoms with Crippen molar-refractivity contribution < 1.29 is 9.90 Å². The molecule has 0 fully saturated rings. The Kier molecular flexibility index (Phi) is 8.99. The average molecular weight is 282 g/mol. The summed E-state index contributed by atoms with van der Waals surface area (Å²) >= 11 is 2.34. The molecule has 0 spiro atoms. The number of hydrogen-bond acceptors (Lipinski definition) is 1. The van der Waals surface area contributed by atoms with E-state index in [1.165, 1.54) is 0 Å². The lowest BCUT2D eigenvalue weighted by molar-refractivity contribution is -0.137. The first-order valence-electron chi connectivity index (χ1n) is 4.20. The van der Waals surface area contributed by atoms with Crippen molar-refractivity contribution in [3.05, 3.63) is 12.2 Å². The van der Waals surface area contributed by atoms with Crippen molar-refractivity contribution in [3.8, 4) is 0 Å². The highest BCUT2D eigenvalue weighted by Gasteiger charge is 1.93. The van der Waals surface area contributed by atoms with Gasteiger partial charge < -0.3 is 5.11 Å². The number of unbranched alkanes of at least 4 members (excludes halogenated alkanes) is 2. The van der Waals surface area contributed by atoms with Crippen LogP contribution in [0.5, 0.6) is 0 Å². The van der Waals surface area contributed by atoms with Crippen LogP contribution in [-0.2, 0) is 4.79 Å². The van der Waals surface area contributed by atoms with Gasteiger partial charge in [-0.3, -0.25) is 4.79 Å². The summed E-state index contributed by atoms with van der Waals surface area (Å²) in [6.07, 6.45) is 8.53. The smallest absolute Gasteiger partial charge is 0.303 e. The molecule has 0 bridgehead atoms. The minimum atomic E-state index is -0.689. The number of hydrogen-bond donors (Lipinski definition) is 1. The van der Waals surface area contributed by atoms with Crippen molar-refractivity contribution in [2.24, 2.45) is 0 Å². The van der Waals surface area contributed by atoms with E-state index >= 15 is 0 Å². The Hall–Kier alpha value is -0.0600. The molecule has 0 aliphatic rings. The lowest BCUT2D eigenvalue weighted by Crippen LogP contribution is -1.92. The fourth-order valence-corrected chi connectivity index (χ4v) is 1.20. The molecule has 0 aromatic carbocycles. The summed E-state index contributed by atoms with van der Waals surface area (Å²) < 4.78 is 1.16. The van der Waals surface area contributed by atoms with Gasteiger partial charge in [0.1, 0.15) is 0 Å². The first-order chi connectivity index (χ1) is 5.77. The predicted molar refractivity (Wildman–Crippen MR) is 58.7 cm³/mol. The molecule has 0 saturated heterocycles. The summed E-state index contributed by atoms with van der Waals surface area (Å²) in [5.74, 6) is -0.689. The van der Waals surface area contributed by atoms with Crippen LogP contribution >= 0.6 is 22.6 Å². The zero-order valence-corrected chi connectivity index (χ0v) is 9.29. The average Bonchev–Trinajstić information content (AvgIpc) is 2.02. The number of alkyl halides is 1. The molecule has 0 amide bonds. The molecule has 0 aliphatic heterocycles. The second-order valence-electron chi connectivity index (χ2n) is 2.59. The highest BCUT2D eigenvalue weighted by atomic mass is 127. The largest absolute Gasteiger partial charge is 0.481 e. The maximum absolute atomic E-state index is 10.1. The molecule has 3 heteroatoms. The van der Waals surface area contributed by atoms with E-state index in [0.29, 0.717) is 6.42 Å². The standard InChI is InChI=1S/C9H15IO2/c10-8-6-4-2-1-3-5-7-9(11)12/h2,4H,1,3,5-8H2,(H,11,12)/b4-2-. The van der Waals surface area contributed by atoms with Gasteiger partial charge in [0.15, 0.2) is 0 Å². The Bertz CT molecular complexity index is 143. The molecular formula is C9H15IO2. The molecule has 0 rings (SSSR count). The van der Waals surface area contributed by atoms with Crippen LogP contribution in [0, 0.1) is 0 Å². The molecule has 0 saturated carbocycles. The van der Waals surface area contributed by atoms with E-state index in [1.54, 1.807) is 0 Å². The molecular weight excluding hydrogens is 267 g/mol. The van der Waals surface area contributed by atoms with E-state index in [-0.39, 0.29) is 0 Å². The maximum atomic E-state index is 10.1. The lowest BCUT2D eigenvalue weighted by Gasteiger charge is -1.92. The lowest BCUT2D eigenvalue weighted by atomic mass is 10.2. The molecule has 0 heterocycles. The topological polar surface area (TPSA) is 37.3 Å². The van der Waals surface area contributed by atoms with Gasteiger partial charge >= 0.3 is 5.97 Å². The van der Waals surface area contributed by atoms with E-state index in [0.717, 1.165) is 30.1 Å². The van der Waals surface area contributed by atoms with Crippen LogP contribution in [0.25, 0.3) is 0 Å². The van der Waals surface area contributed by atoms with E-state index < -0.39 is 5.97 Å². The van der Waals surface area contributed by atoms with Crippen LogP contribution in [0.4, 0.5) is 0 Å². The highest BCUT2D eigenvalue weighted by molar-refractivity contribution is 14.1. The van der Waals surface area contributed by atoms with Crippen LogP contribution in [-0.4, -0.2) is 15.5 Å². The van der Waals surface area contributed by atoms with Crippen LogP contribution in [0.15, 0.2) is 12.2 Å². The Labute approximate surface area is 87.2 Å². The molecule has 0 aromatic rings. The van der Waals surface area contributed by atoms with E-state index in [1.807, 2.05) is 0 Å². The first-order valence-corrected chi connectivity index (χ1v) is 5.72. The van der Waals surface area contributed by atoms with Gasteiger partial charge in [-0.1, -0.05) is 34.7 Å². The van der Waals surface area contributed by atoms with Crippen LogP contribution in [0.2, 0.25) is 0 Å². The van der Waals surface area contributed by atoms with E-state index in [2.05, 4.69) is 34.7 Å². The number of rotatable bonds is 7. The Morgan fingerprint density at radius 3 is 2.50 bits per heavy atom. The molecule has 0 atom stereocenters. The van der Waals surface area contributed by atoms with Gasteiger partial charge in [-0.15, -0.1) is 0 Å². The third-order valence-corrected chi connectivity index (χ3v) is 2.08. The predicted octanol–water partition coefficient (Wildman–Crippen LogP) is 3.01. The van der Waals surface area contributed by atoms with Crippen molar-refractivity contribution in [2.75, 3.05) is 4.43 Å². The quantitative estimate of drug-likeness (QED) is 0.337. The number of carboxylic acid groups (broad SMARTS) is 1. The van der Waals surface area contributed by atoms with Crippen LogP contribution in [0.1, 0.15) is 32.1 Å². The summed E-state index contributed by atoms with van der Waals surface area (Å²) in [7, 11) is 0. The van der Waals surface area contributed by atoms with Crippen molar-refractivity contribution >= 4 is 28.6 Å². The molecule has 0 aromatic heterocycles. The zero-order chi connectivity index (χ0) is 9.23. The number of allylic oxidation sites excluding steroid dienone is 2. The monoisotopic (exact) mass is 282 g/mol. The summed E-state index contributed by atoms with van der Waals surface area (Å²) in [5, 5.41) is 8.34. The molecule has 0 aliphatic carbocycles. The fraction of sp³-hybridized carbons (Fsp3) is 0.667. The molecule has 0 radical (unpaired) electrons. The number of aliphatic carboxylic acids is 1. The first kappa shape index (κ1) is 11.9. The van der Waals surface area contributed by atoms with Crippen molar-refractivity contribution in [3.63, 3.8) is 0 Å². The van der Waals surface area contributed by atoms with Gasteiger partial charge in [0.2, 0.25) is 0 Å². The number of carboxylic acids is 1. The minimum absolute atomic E-state index is 0.306. The van der Waals surface area contributed by atoms with Crippen LogP contribution in [0.3, 0.4) is 0 Å². The fourth-order valence-electron chi connectivity index (χ4n) is 0.837. The van der Waals surface area contributed by atoms with Gasteiger partial charge in [-0.25, -0.2) is 0 Å². The van der Waals surface area contributed by atoms with Gasteiger partial charge in [-0.05, 0) is 25.7 Å². The third kappa shape index (κ3) is 9.94. The van der Waals surface area contributed by atoms with Crippen LogP contribution < -0.4 is 0 Å².